The van der Waals surface area contributed by atoms with E-state index in [2.05, 4.69) is 6.92 Å². The molecule has 1 aliphatic heterocycles. The lowest BCUT2D eigenvalue weighted by atomic mass is 9.81. The van der Waals surface area contributed by atoms with E-state index in [0.29, 0.717) is 36.8 Å². The van der Waals surface area contributed by atoms with Gasteiger partial charge in [0.25, 0.3) is 0 Å². The minimum Gasteiger partial charge on any atom is -0.498 e. The third kappa shape index (κ3) is 4.82. The minimum atomic E-state index is -1.18. The Labute approximate surface area is 199 Å². The third-order valence-electron chi connectivity index (χ3n) is 6.81. The van der Waals surface area contributed by atoms with Crippen LogP contribution in [0.3, 0.4) is 0 Å². The highest BCUT2D eigenvalue weighted by Crippen LogP contribution is 2.44. The van der Waals surface area contributed by atoms with E-state index in [1.807, 2.05) is 13.0 Å². The summed E-state index contributed by atoms with van der Waals surface area (Å²) in [5.41, 5.74) is 0.805. The van der Waals surface area contributed by atoms with E-state index in [1.54, 1.807) is 6.07 Å². The molecular formula is C28H32F4O2. The Morgan fingerprint density at radius 1 is 0.853 bits per heavy atom. The largest absolute Gasteiger partial charge is 0.498 e. The maximum atomic E-state index is 15.4. The van der Waals surface area contributed by atoms with Crippen LogP contribution in [0, 0.1) is 23.3 Å². The standard InChI is InChI=1S/C28H32F4O2/c1-3-5-7-8-20-12-11-19(16-34-20)21-14-17-9-10-18-15-22(33-13-6-4-2)26(30)28(32)24(18)23(17)27(31)25(21)29/h12,14-15,19H,3-11,13,16H2,1-2H3. The van der Waals surface area contributed by atoms with E-state index in [1.165, 1.54) is 6.07 Å². The zero-order valence-electron chi connectivity index (χ0n) is 19.9. The number of ether oxygens (including phenoxy) is 2. The second-order valence-corrected chi connectivity index (χ2v) is 9.24. The summed E-state index contributed by atoms with van der Waals surface area (Å²) >= 11 is 0. The summed E-state index contributed by atoms with van der Waals surface area (Å²) in [6, 6.07) is 3.04. The van der Waals surface area contributed by atoms with Gasteiger partial charge >= 0.3 is 0 Å². The highest BCUT2D eigenvalue weighted by Gasteiger charge is 2.32. The van der Waals surface area contributed by atoms with Crippen molar-refractivity contribution in [1.82, 2.24) is 0 Å². The maximum absolute atomic E-state index is 15.4. The Bertz CT molecular complexity index is 1080. The summed E-state index contributed by atoms with van der Waals surface area (Å²) in [5, 5.41) is 0. The fourth-order valence-electron chi connectivity index (χ4n) is 4.83. The normalized spacial score (nSPS) is 17.0. The first-order valence-corrected chi connectivity index (χ1v) is 12.4. The number of hydrogen-bond acceptors (Lipinski definition) is 2. The van der Waals surface area contributed by atoms with Crippen LogP contribution in [0.2, 0.25) is 0 Å². The molecule has 2 nitrogen and oxygen atoms in total. The number of allylic oxidation sites excluding steroid dienone is 2. The van der Waals surface area contributed by atoms with Gasteiger partial charge in [0.1, 0.15) is 0 Å². The summed E-state index contributed by atoms with van der Waals surface area (Å²) in [7, 11) is 0. The van der Waals surface area contributed by atoms with Gasteiger partial charge in [-0.2, -0.15) is 4.39 Å². The van der Waals surface area contributed by atoms with Gasteiger partial charge in [0.05, 0.1) is 19.0 Å². The predicted molar refractivity (Wildman–Crippen MR) is 125 cm³/mol. The van der Waals surface area contributed by atoms with Crippen molar-refractivity contribution < 1.29 is 27.0 Å². The van der Waals surface area contributed by atoms with Gasteiger partial charge in [-0.05, 0) is 60.9 Å². The first-order valence-electron chi connectivity index (χ1n) is 12.4. The molecule has 0 saturated heterocycles. The van der Waals surface area contributed by atoms with Crippen molar-refractivity contribution in [2.45, 2.75) is 77.6 Å². The van der Waals surface area contributed by atoms with Gasteiger partial charge in [-0.1, -0.05) is 39.2 Å². The molecule has 2 aromatic rings. The van der Waals surface area contributed by atoms with Crippen LogP contribution in [0.15, 0.2) is 24.0 Å². The highest BCUT2D eigenvalue weighted by atomic mass is 19.2. The molecule has 34 heavy (non-hydrogen) atoms. The van der Waals surface area contributed by atoms with E-state index in [4.69, 9.17) is 9.47 Å². The van der Waals surface area contributed by atoms with Crippen LogP contribution in [-0.2, 0) is 17.6 Å². The Kier molecular flexibility index (Phi) is 7.84. The van der Waals surface area contributed by atoms with Crippen LogP contribution >= 0.6 is 0 Å². The van der Waals surface area contributed by atoms with E-state index < -0.39 is 23.3 Å². The number of halogens is 4. The summed E-state index contributed by atoms with van der Waals surface area (Å²) < 4.78 is 71.7. The fraction of sp³-hybridized carbons (Fsp3) is 0.500. The number of fused-ring (bicyclic) bond motifs is 3. The van der Waals surface area contributed by atoms with Gasteiger partial charge in [-0.3, -0.25) is 0 Å². The Hall–Kier alpha value is -2.50. The molecule has 0 fully saturated rings. The van der Waals surface area contributed by atoms with Crippen LogP contribution in [0.4, 0.5) is 17.6 Å². The molecule has 0 aromatic heterocycles. The van der Waals surface area contributed by atoms with Gasteiger partial charge < -0.3 is 9.47 Å². The zero-order chi connectivity index (χ0) is 24.2. The van der Waals surface area contributed by atoms with Crippen molar-refractivity contribution in [3.63, 3.8) is 0 Å². The molecule has 2 aliphatic rings. The van der Waals surface area contributed by atoms with Crippen LogP contribution in [0.1, 0.15) is 81.4 Å². The number of benzene rings is 2. The molecule has 1 atom stereocenters. The molecular weight excluding hydrogens is 444 g/mol. The van der Waals surface area contributed by atoms with Crippen LogP contribution in [0.5, 0.6) is 5.75 Å². The molecule has 0 spiro atoms. The van der Waals surface area contributed by atoms with E-state index in [0.717, 1.165) is 37.9 Å². The fourth-order valence-corrected chi connectivity index (χ4v) is 4.83. The molecule has 1 heterocycles. The highest BCUT2D eigenvalue weighted by molar-refractivity contribution is 5.76. The van der Waals surface area contributed by atoms with Crippen LogP contribution < -0.4 is 4.74 Å². The van der Waals surface area contributed by atoms with Crippen molar-refractivity contribution >= 4 is 0 Å². The van der Waals surface area contributed by atoms with Gasteiger partial charge in [-0.25, -0.2) is 13.2 Å². The van der Waals surface area contributed by atoms with Crippen molar-refractivity contribution in [1.29, 1.82) is 0 Å². The summed E-state index contributed by atoms with van der Waals surface area (Å²) in [6.07, 6.45) is 9.06. The summed E-state index contributed by atoms with van der Waals surface area (Å²) in [5.74, 6) is -4.05. The lowest BCUT2D eigenvalue weighted by Crippen LogP contribution is -2.18. The zero-order valence-corrected chi connectivity index (χ0v) is 19.9. The molecule has 6 heteroatoms. The molecule has 4 rings (SSSR count). The lowest BCUT2D eigenvalue weighted by molar-refractivity contribution is 0.163. The van der Waals surface area contributed by atoms with E-state index >= 15 is 13.2 Å². The molecule has 0 amide bonds. The second-order valence-electron chi connectivity index (χ2n) is 9.24. The van der Waals surface area contributed by atoms with Gasteiger partial charge in [0.15, 0.2) is 23.2 Å². The molecule has 0 N–H and O–H groups in total. The molecule has 0 bridgehead atoms. The van der Waals surface area contributed by atoms with Gasteiger partial charge in [0, 0.05) is 23.5 Å². The van der Waals surface area contributed by atoms with E-state index in [-0.39, 0.29) is 41.6 Å². The lowest BCUT2D eigenvalue weighted by Gasteiger charge is -2.27. The maximum Gasteiger partial charge on any atom is 0.201 e. The topological polar surface area (TPSA) is 18.5 Å². The molecule has 1 aliphatic carbocycles. The van der Waals surface area contributed by atoms with Crippen molar-refractivity contribution in [3.8, 4) is 16.9 Å². The van der Waals surface area contributed by atoms with E-state index in [9.17, 15) is 4.39 Å². The Morgan fingerprint density at radius 2 is 1.53 bits per heavy atom. The summed E-state index contributed by atoms with van der Waals surface area (Å²) in [6.45, 7) is 4.66. The van der Waals surface area contributed by atoms with Crippen LogP contribution in [-0.4, -0.2) is 13.2 Å². The Balaban J connectivity index is 1.63. The SMILES string of the molecule is CCCCCC1=CCC(c2cc3c(c(F)c2F)-c2c(cc(OCCCC)c(F)c2F)CC3)CO1. The van der Waals surface area contributed by atoms with Crippen LogP contribution in [0.25, 0.3) is 11.1 Å². The molecule has 0 radical (unpaired) electrons. The predicted octanol–water partition coefficient (Wildman–Crippen LogP) is 8.16. The Morgan fingerprint density at radius 3 is 2.18 bits per heavy atom. The van der Waals surface area contributed by atoms with Crippen molar-refractivity contribution in [2.75, 3.05) is 13.2 Å². The molecule has 1 unspecified atom stereocenters. The van der Waals surface area contributed by atoms with Gasteiger partial charge in [0.2, 0.25) is 5.82 Å². The molecule has 0 saturated carbocycles. The molecule has 184 valence electrons. The first-order chi connectivity index (χ1) is 16.5. The quantitative estimate of drug-likeness (QED) is 0.269. The first kappa shape index (κ1) is 24.6. The average Bonchev–Trinajstić information content (AvgIpc) is 2.85. The minimum absolute atomic E-state index is 0.175. The third-order valence-corrected chi connectivity index (χ3v) is 6.81. The number of aryl methyl sites for hydroxylation is 2. The number of rotatable bonds is 9. The smallest absolute Gasteiger partial charge is 0.201 e. The monoisotopic (exact) mass is 476 g/mol. The van der Waals surface area contributed by atoms with Crippen molar-refractivity contribution in [2.24, 2.45) is 0 Å². The number of hydrogen-bond donors (Lipinski definition) is 0. The summed E-state index contributed by atoms with van der Waals surface area (Å²) in [4.78, 5) is 0. The molecule has 2 aromatic carbocycles. The average molecular weight is 477 g/mol. The number of unbranched alkanes of at least 4 members (excludes halogenated alkanes) is 3. The van der Waals surface area contributed by atoms with Crippen molar-refractivity contribution in [3.05, 3.63) is 63.9 Å². The second kappa shape index (κ2) is 10.8. The van der Waals surface area contributed by atoms with Gasteiger partial charge in [-0.15, -0.1) is 0 Å².